The quantitative estimate of drug-likeness (QED) is 0.365. The molecule has 2 aromatic rings. The summed E-state index contributed by atoms with van der Waals surface area (Å²) in [4.78, 5) is 22.3. The molecule has 1 saturated heterocycles. The summed E-state index contributed by atoms with van der Waals surface area (Å²) >= 11 is 6.32. The Morgan fingerprint density at radius 1 is 1.13 bits per heavy atom. The average molecular weight is 330 g/mol. The van der Waals surface area contributed by atoms with E-state index >= 15 is 0 Å². The number of halogens is 1. The fraction of sp³-hybridized carbons (Fsp3) is 0.118. The largest absolute Gasteiger partial charge is 0.454 e. The molecule has 5 nitrogen and oxygen atoms in total. The molecule has 3 rings (SSSR count). The van der Waals surface area contributed by atoms with E-state index in [0.717, 1.165) is 5.56 Å². The van der Waals surface area contributed by atoms with E-state index in [1.807, 2.05) is 30.3 Å². The molecule has 1 heterocycles. The Bertz CT molecular complexity index is 784. The Labute approximate surface area is 137 Å². The second-order valence-corrected chi connectivity index (χ2v) is 5.48. The molecule has 2 aromatic carbocycles. The molecular weight excluding hydrogens is 318 g/mol. The fourth-order valence-electron chi connectivity index (χ4n) is 2.45. The number of nitrogens with zero attached hydrogens (tertiary/aromatic N) is 1. The Kier molecular flexibility index (Phi) is 4.12. The summed E-state index contributed by atoms with van der Waals surface area (Å²) in [6, 6.07) is 15.2. The first-order valence-corrected chi connectivity index (χ1v) is 7.33. The zero-order chi connectivity index (χ0) is 16.4. The monoisotopic (exact) mass is 329 g/mol. The standard InChI is InChI=1S/C17H12ClNO4/c18-16(12-4-2-1-3-5-12)14-10-15(23-17(14)20)11-6-8-13(9-7-11)19(21)22/h1-9,15H,10H2/b16-14-. The van der Waals surface area contributed by atoms with Crippen molar-refractivity contribution in [2.45, 2.75) is 12.5 Å². The molecule has 23 heavy (non-hydrogen) atoms. The van der Waals surface area contributed by atoms with Gasteiger partial charge in [0.1, 0.15) is 6.10 Å². The van der Waals surface area contributed by atoms with Crippen LogP contribution in [-0.2, 0) is 9.53 Å². The van der Waals surface area contributed by atoms with Crippen LogP contribution in [0.1, 0.15) is 23.7 Å². The minimum Gasteiger partial charge on any atom is -0.454 e. The van der Waals surface area contributed by atoms with E-state index in [-0.39, 0.29) is 5.69 Å². The number of ether oxygens (including phenoxy) is 1. The minimum atomic E-state index is -0.476. The van der Waals surface area contributed by atoms with E-state index in [9.17, 15) is 14.9 Å². The van der Waals surface area contributed by atoms with Gasteiger partial charge in [-0.15, -0.1) is 0 Å². The van der Waals surface area contributed by atoms with Gasteiger partial charge >= 0.3 is 5.97 Å². The number of hydrogen-bond donors (Lipinski definition) is 0. The van der Waals surface area contributed by atoms with E-state index in [4.69, 9.17) is 16.3 Å². The zero-order valence-corrected chi connectivity index (χ0v) is 12.7. The molecule has 0 bridgehead atoms. The summed E-state index contributed by atoms with van der Waals surface area (Å²) < 4.78 is 5.35. The highest BCUT2D eigenvalue weighted by Gasteiger charge is 2.32. The number of rotatable bonds is 3. The van der Waals surface area contributed by atoms with E-state index < -0.39 is 17.0 Å². The molecule has 6 heteroatoms. The van der Waals surface area contributed by atoms with Crippen LogP contribution in [0.2, 0.25) is 0 Å². The Morgan fingerprint density at radius 2 is 1.78 bits per heavy atom. The second kappa shape index (κ2) is 6.22. The molecular formula is C17H12ClNO4. The molecule has 116 valence electrons. The molecule has 0 aromatic heterocycles. The van der Waals surface area contributed by atoms with Crippen LogP contribution in [0.3, 0.4) is 0 Å². The molecule has 0 amide bonds. The van der Waals surface area contributed by atoms with E-state index in [1.54, 1.807) is 12.1 Å². The van der Waals surface area contributed by atoms with E-state index in [0.29, 0.717) is 22.6 Å². The molecule has 1 unspecified atom stereocenters. The first-order valence-electron chi connectivity index (χ1n) is 6.95. The summed E-state index contributed by atoms with van der Waals surface area (Å²) in [5.41, 5.74) is 1.87. The van der Waals surface area contributed by atoms with Crippen LogP contribution < -0.4 is 0 Å². The van der Waals surface area contributed by atoms with Gasteiger partial charge in [0, 0.05) is 18.6 Å². The zero-order valence-electron chi connectivity index (χ0n) is 11.9. The van der Waals surface area contributed by atoms with Crippen LogP contribution in [0, 0.1) is 10.1 Å². The van der Waals surface area contributed by atoms with Crippen LogP contribution in [-0.4, -0.2) is 10.9 Å². The van der Waals surface area contributed by atoms with Crippen molar-refractivity contribution in [2.75, 3.05) is 0 Å². The van der Waals surface area contributed by atoms with Crippen LogP contribution in [0.15, 0.2) is 60.2 Å². The van der Waals surface area contributed by atoms with Gasteiger partial charge in [-0.25, -0.2) is 4.79 Å². The number of cyclic esters (lactones) is 1. The third-order valence-corrected chi connectivity index (χ3v) is 4.10. The van der Waals surface area contributed by atoms with Gasteiger partial charge in [0.25, 0.3) is 5.69 Å². The highest BCUT2D eigenvalue weighted by molar-refractivity contribution is 6.51. The number of nitro benzene ring substituents is 1. The Hall–Kier alpha value is -2.66. The van der Waals surface area contributed by atoms with Gasteiger partial charge in [-0.2, -0.15) is 0 Å². The van der Waals surface area contributed by atoms with Crippen LogP contribution in [0.4, 0.5) is 5.69 Å². The molecule has 0 N–H and O–H groups in total. The van der Waals surface area contributed by atoms with Gasteiger partial charge < -0.3 is 4.74 Å². The summed E-state index contributed by atoms with van der Waals surface area (Å²) in [6.07, 6.45) is -0.138. The molecule has 0 aliphatic carbocycles. The van der Waals surface area contributed by atoms with Crippen molar-refractivity contribution >= 4 is 28.3 Å². The van der Waals surface area contributed by atoms with Gasteiger partial charge in [-0.05, 0) is 23.3 Å². The number of hydrogen-bond acceptors (Lipinski definition) is 4. The normalized spacial score (nSPS) is 19.3. The molecule has 0 spiro atoms. The molecule has 1 atom stereocenters. The van der Waals surface area contributed by atoms with Gasteiger partial charge in [-0.1, -0.05) is 41.9 Å². The van der Waals surface area contributed by atoms with Crippen molar-refractivity contribution in [1.29, 1.82) is 0 Å². The summed E-state index contributed by atoms with van der Waals surface area (Å²) in [5, 5.41) is 11.1. The maximum atomic E-state index is 12.1. The van der Waals surface area contributed by atoms with Crippen LogP contribution >= 0.6 is 11.6 Å². The third kappa shape index (κ3) is 3.10. The van der Waals surface area contributed by atoms with Crippen molar-refractivity contribution in [3.05, 3.63) is 81.4 Å². The predicted octanol–water partition coefficient (Wildman–Crippen LogP) is 4.23. The Morgan fingerprint density at radius 3 is 2.39 bits per heavy atom. The number of esters is 1. The van der Waals surface area contributed by atoms with Crippen LogP contribution in [0.5, 0.6) is 0 Å². The predicted molar refractivity (Wildman–Crippen MR) is 85.8 cm³/mol. The maximum absolute atomic E-state index is 12.1. The fourth-order valence-corrected chi connectivity index (χ4v) is 2.73. The van der Waals surface area contributed by atoms with Crippen molar-refractivity contribution < 1.29 is 14.5 Å². The summed E-state index contributed by atoms with van der Waals surface area (Å²) in [7, 11) is 0. The molecule has 1 fully saturated rings. The first kappa shape index (κ1) is 15.2. The van der Waals surface area contributed by atoms with Crippen molar-refractivity contribution in [3.63, 3.8) is 0 Å². The Balaban J connectivity index is 1.86. The number of non-ortho nitro benzene ring substituents is 1. The van der Waals surface area contributed by atoms with Crippen molar-refractivity contribution in [1.82, 2.24) is 0 Å². The van der Waals surface area contributed by atoms with Crippen molar-refractivity contribution in [3.8, 4) is 0 Å². The van der Waals surface area contributed by atoms with Gasteiger partial charge in [-0.3, -0.25) is 10.1 Å². The first-order chi connectivity index (χ1) is 11.1. The lowest BCUT2D eigenvalue weighted by molar-refractivity contribution is -0.384. The summed E-state index contributed by atoms with van der Waals surface area (Å²) in [6.45, 7) is 0. The van der Waals surface area contributed by atoms with Gasteiger partial charge in [0.2, 0.25) is 0 Å². The number of benzene rings is 2. The highest BCUT2D eigenvalue weighted by Crippen LogP contribution is 2.38. The number of carbonyl (C=O) groups is 1. The molecule has 0 saturated carbocycles. The second-order valence-electron chi connectivity index (χ2n) is 5.11. The molecule has 0 radical (unpaired) electrons. The van der Waals surface area contributed by atoms with E-state index in [1.165, 1.54) is 12.1 Å². The van der Waals surface area contributed by atoms with Gasteiger partial charge in [0.15, 0.2) is 0 Å². The van der Waals surface area contributed by atoms with Crippen LogP contribution in [0.25, 0.3) is 5.03 Å². The van der Waals surface area contributed by atoms with Crippen molar-refractivity contribution in [2.24, 2.45) is 0 Å². The van der Waals surface area contributed by atoms with E-state index in [2.05, 4.69) is 0 Å². The number of nitro groups is 1. The topological polar surface area (TPSA) is 69.4 Å². The minimum absolute atomic E-state index is 0.00356. The average Bonchev–Trinajstić information content (AvgIpc) is 2.97. The van der Waals surface area contributed by atoms with Gasteiger partial charge in [0.05, 0.1) is 15.5 Å². The summed E-state index contributed by atoms with van der Waals surface area (Å²) in [5.74, 6) is -0.456. The SMILES string of the molecule is O=C1OC(c2ccc([N+](=O)[O-])cc2)C/C1=C(/Cl)c1ccccc1. The lowest BCUT2D eigenvalue weighted by atomic mass is 10.0. The highest BCUT2D eigenvalue weighted by atomic mass is 35.5. The third-order valence-electron chi connectivity index (χ3n) is 3.65. The number of carbonyl (C=O) groups excluding carboxylic acids is 1. The maximum Gasteiger partial charge on any atom is 0.336 e. The molecule has 1 aliphatic heterocycles. The molecule has 1 aliphatic rings. The smallest absolute Gasteiger partial charge is 0.336 e. The lowest BCUT2D eigenvalue weighted by Gasteiger charge is -2.07. The lowest BCUT2D eigenvalue weighted by Crippen LogP contribution is -1.99.